The Morgan fingerprint density at radius 2 is 2.09 bits per heavy atom. The summed E-state index contributed by atoms with van der Waals surface area (Å²) in [6.45, 7) is 4.92. The molecule has 174 valence electrons. The monoisotopic (exact) mass is 462 g/mol. The molecule has 2 aromatic rings. The van der Waals surface area contributed by atoms with Crippen molar-refractivity contribution < 1.29 is 12.8 Å². The van der Waals surface area contributed by atoms with Crippen LogP contribution in [-0.2, 0) is 23.3 Å². The van der Waals surface area contributed by atoms with E-state index in [9.17, 15) is 12.8 Å². The second-order valence-electron chi connectivity index (χ2n) is 9.66. The molecular weight excluding hydrogens is 431 g/mol. The fourth-order valence-corrected chi connectivity index (χ4v) is 7.31. The van der Waals surface area contributed by atoms with Crippen LogP contribution < -0.4 is 4.31 Å². The van der Waals surface area contributed by atoms with Crippen molar-refractivity contribution in [3.8, 4) is 0 Å². The van der Waals surface area contributed by atoms with Gasteiger partial charge in [0.2, 0.25) is 0 Å². The average molecular weight is 463 g/mol. The Bertz CT molecular complexity index is 1090. The molecule has 1 spiro atoms. The second-order valence-corrected chi connectivity index (χ2v) is 11.5. The van der Waals surface area contributed by atoms with Crippen LogP contribution in [0.25, 0.3) is 0 Å². The highest BCUT2D eigenvalue weighted by Gasteiger charge is 2.55. The Kier molecular flexibility index (Phi) is 5.50. The molecule has 0 amide bonds. The van der Waals surface area contributed by atoms with Crippen molar-refractivity contribution in [1.82, 2.24) is 24.0 Å². The second kappa shape index (κ2) is 8.07. The number of nitrogens with zero attached hydrogens (tertiary/aromatic N) is 6. The topological polar surface area (TPSA) is 74.6 Å². The van der Waals surface area contributed by atoms with Gasteiger partial charge in [0.1, 0.15) is 18.0 Å². The highest BCUT2D eigenvalue weighted by atomic mass is 32.2. The lowest BCUT2D eigenvalue weighted by molar-refractivity contribution is 0.0955. The van der Waals surface area contributed by atoms with E-state index >= 15 is 0 Å². The number of aromatic nitrogens is 3. The number of anilines is 1. The molecule has 0 radical (unpaired) electrons. The molecule has 1 aromatic heterocycles. The lowest BCUT2D eigenvalue weighted by atomic mass is 9.83. The molecule has 0 N–H and O–H groups in total. The van der Waals surface area contributed by atoms with Gasteiger partial charge in [-0.05, 0) is 56.7 Å². The van der Waals surface area contributed by atoms with Crippen molar-refractivity contribution in [2.24, 2.45) is 5.92 Å². The van der Waals surface area contributed by atoms with Gasteiger partial charge >= 0.3 is 10.2 Å². The molecule has 2 aliphatic heterocycles. The highest BCUT2D eigenvalue weighted by Crippen LogP contribution is 2.44. The lowest BCUT2D eigenvalue weighted by Crippen LogP contribution is -2.57. The molecule has 1 aliphatic carbocycles. The Balaban J connectivity index is 1.36. The summed E-state index contributed by atoms with van der Waals surface area (Å²) >= 11 is 0. The van der Waals surface area contributed by atoms with Crippen LogP contribution in [0, 0.1) is 11.7 Å². The van der Waals surface area contributed by atoms with Gasteiger partial charge in [-0.25, -0.2) is 14.1 Å². The Hall–Kier alpha value is -2.04. The molecule has 5 rings (SSSR count). The molecule has 2 atom stereocenters. The fourth-order valence-electron chi connectivity index (χ4n) is 5.53. The third-order valence-corrected chi connectivity index (χ3v) is 9.45. The van der Waals surface area contributed by atoms with Crippen LogP contribution in [0.5, 0.6) is 0 Å². The first-order valence-electron chi connectivity index (χ1n) is 11.4. The van der Waals surface area contributed by atoms with Gasteiger partial charge in [0.25, 0.3) is 0 Å². The minimum atomic E-state index is -3.70. The molecule has 1 saturated carbocycles. The molecule has 10 heteroatoms. The van der Waals surface area contributed by atoms with E-state index in [4.69, 9.17) is 0 Å². The van der Waals surface area contributed by atoms with Crippen molar-refractivity contribution in [2.45, 2.75) is 63.7 Å². The largest absolute Gasteiger partial charge is 0.304 e. The number of hydrogen-bond donors (Lipinski definition) is 0. The van der Waals surface area contributed by atoms with E-state index in [1.54, 1.807) is 25.5 Å². The molecule has 2 saturated heterocycles. The Morgan fingerprint density at radius 3 is 2.78 bits per heavy atom. The standard InChI is InChI=1S/C22H31FN6O2S/c1-17-12-22(15-26(2)32(30,31)29(22)20-8-4-7-19(23)11-20)9-10-27(17)14-21-24-16-25-28(21)13-18-5-3-6-18/h4,7-8,11,16-18H,3,5-6,9-10,12-15H2,1-2H3/t17-,22+/m0/s1. The smallest absolute Gasteiger partial charge is 0.293 e. The normalized spacial score (nSPS) is 29.0. The Labute approximate surface area is 189 Å². The van der Waals surface area contributed by atoms with E-state index in [-0.39, 0.29) is 6.04 Å². The third-order valence-electron chi connectivity index (χ3n) is 7.47. The summed E-state index contributed by atoms with van der Waals surface area (Å²) in [6, 6.07) is 6.06. The molecular formula is C22H31FN6O2S. The van der Waals surface area contributed by atoms with E-state index in [0.717, 1.165) is 18.9 Å². The highest BCUT2D eigenvalue weighted by molar-refractivity contribution is 7.90. The number of likely N-dealkylation sites (N-methyl/N-ethyl adjacent to an activating group) is 1. The molecule has 8 nitrogen and oxygen atoms in total. The van der Waals surface area contributed by atoms with Crippen LogP contribution in [0.2, 0.25) is 0 Å². The summed E-state index contributed by atoms with van der Waals surface area (Å²) in [4.78, 5) is 6.87. The number of benzene rings is 1. The molecule has 0 unspecified atom stereocenters. The summed E-state index contributed by atoms with van der Waals surface area (Å²) in [6.07, 6.45) is 6.81. The van der Waals surface area contributed by atoms with Crippen molar-refractivity contribution in [1.29, 1.82) is 0 Å². The van der Waals surface area contributed by atoms with E-state index in [1.807, 2.05) is 4.68 Å². The first-order valence-corrected chi connectivity index (χ1v) is 12.8. The maximum absolute atomic E-state index is 14.0. The zero-order chi connectivity index (χ0) is 22.5. The first-order chi connectivity index (χ1) is 15.3. The summed E-state index contributed by atoms with van der Waals surface area (Å²) in [5.74, 6) is 1.24. The van der Waals surface area contributed by atoms with Gasteiger partial charge in [0.05, 0.1) is 17.8 Å². The molecule has 1 aromatic carbocycles. The van der Waals surface area contributed by atoms with E-state index in [0.29, 0.717) is 37.5 Å². The van der Waals surface area contributed by atoms with E-state index in [1.165, 1.54) is 40.0 Å². The van der Waals surface area contributed by atoms with Crippen LogP contribution in [0.4, 0.5) is 10.1 Å². The van der Waals surface area contributed by atoms with Crippen molar-refractivity contribution >= 4 is 15.9 Å². The summed E-state index contributed by atoms with van der Waals surface area (Å²) in [7, 11) is -2.09. The molecule has 3 fully saturated rings. The van der Waals surface area contributed by atoms with Crippen molar-refractivity contribution in [3.63, 3.8) is 0 Å². The van der Waals surface area contributed by atoms with Crippen molar-refractivity contribution in [3.05, 3.63) is 42.2 Å². The Morgan fingerprint density at radius 1 is 1.28 bits per heavy atom. The zero-order valence-electron chi connectivity index (χ0n) is 18.7. The predicted molar refractivity (Wildman–Crippen MR) is 120 cm³/mol. The maximum Gasteiger partial charge on any atom is 0.304 e. The zero-order valence-corrected chi connectivity index (χ0v) is 19.5. The molecule has 3 heterocycles. The van der Waals surface area contributed by atoms with Gasteiger partial charge in [-0.15, -0.1) is 0 Å². The lowest BCUT2D eigenvalue weighted by Gasteiger charge is -2.46. The van der Waals surface area contributed by atoms with Crippen LogP contribution in [0.3, 0.4) is 0 Å². The quantitative estimate of drug-likeness (QED) is 0.683. The molecule has 32 heavy (non-hydrogen) atoms. The predicted octanol–water partition coefficient (Wildman–Crippen LogP) is 2.64. The van der Waals surface area contributed by atoms with Crippen LogP contribution in [0.1, 0.15) is 44.9 Å². The van der Waals surface area contributed by atoms with Gasteiger partial charge in [0, 0.05) is 32.7 Å². The maximum atomic E-state index is 14.0. The van der Waals surface area contributed by atoms with Gasteiger partial charge in [0.15, 0.2) is 0 Å². The number of halogens is 1. The van der Waals surface area contributed by atoms with Gasteiger partial charge in [-0.1, -0.05) is 12.5 Å². The van der Waals surface area contributed by atoms with Crippen molar-refractivity contribution in [2.75, 3.05) is 24.4 Å². The van der Waals surface area contributed by atoms with Crippen LogP contribution in [-0.4, -0.2) is 64.1 Å². The third kappa shape index (κ3) is 3.72. The minimum Gasteiger partial charge on any atom is -0.293 e. The average Bonchev–Trinajstić information content (AvgIpc) is 3.20. The number of rotatable bonds is 5. The van der Waals surface area contributed by atoms with Crippen LogP contribution >= 0.6 is 0 Å². The first kappa shape index (κ1) is 21.8. The van der Waals surface area contributed by atoms with E-state index in [2.05, 4.69) is 21.9 Å². The van der Waals surface area contributed by atoms with Gasteiger partial charge in [-0.2, -0.15) is 17.8 Å². The summed E-state index contributed by atoms with van der Waals surface area (Å²) in [5, 5.41) is 4.44. The number of likely N-dealkylation sites (tertiary alicyclic amines) is 1. The van der Waals surface area contributed by atoms with Crippen LogP contribution in [0.15, 0.2) is 30.6 Å². The molecule has 3 aliphatic rings. The van der Waals surface area contributed by atoms with Gasteiger partial charge < -0.3 is 0 Å². The fraction of sp³-hybridized carbons (Fsp3) is 0.636. The number of hydrogen-bond acceptors (Lipinski definition) is 5. The SMILES string of the molecule is C[C@H]1C[C@]2(CCN1Cc1ncnn1CC1CCC1)CN(C)S(=O)(=O)N2c1cccc(F)c1. The minimum absolute atomic E-state index is 0.148. The summed E-state index contributed by atoms with van der Waals surface area (Å²) < 4.78 is 45.3. The van der Waals surface area contributed by atoms with Gasteiger partial charge in [-0.3, -0.25) is 9.21 Å². The summed E-state index contributed by atoms with van der Waals surface area (Å²) in [5.41, 5.74) is -0.188. The number of piperidine rings is 1. The molecule has 0 bridgehead atoms. The van der Waals surface area contributed by atoms with E-state index < -0.39 is 21.6 Å².